The van der Waals surface area contributed by atoms with Gasteiger partial charge in [-0.05, 0) is 86.5 Å². The van der Waals surface area contributed by atoms with Crippen LogP contribution in [0.3, 0.4) is 0 Å². The molecule has 5 aromatic rings. The Balaban J connectivity index is 0.00000937. The average Bonchev–Trinajstić information content (AvgIpc) is 4.25. The van der Waals surface area contributed by atoms with Gasteiger partial charge in [0.05, 0.1) is 119 Å². The molecule has 0 amide bonds. The summed E-state index contributed by atoms with van der Waals surface area (Å²) in [4.78, 5) is 45.7. The molecule has 0 atom stereocenters. The number of fused-ring (bicyclic) bond motifs is 7. The Morgan fingerprint density at radius 3 is 1.43 bits per heavy atom. The number of imidazole rings is 2. The van der Waals surface area contributed by atoms with Crippen LogP contribution in [0.1, 0.15) is 93.1 Å². The average molecular weight is 1190 g/mol. The molecule has 7 rings (SSSR count). The fraction of sp³-hybridized carbons (Fsp3) is 0.491. The van der Waals surface area contributed by atoms with Crippen LogP contribution in [0.5, 0.6) is 11.5 Å². The molecule has 2 aliphatic rings. The van der Waals surface area contributed by atoms with E-state index in [4.69, 9.17) is 62.8 Å². The molecule has 0 fully saturated rings. The molecule has 0 N–H and O–H groups in total. The Bertz CT molecular complexity index is 2970. The summed E-state index contributed by atoms with van der Waals surface area (Å²) in [5.74, 6) is 1.67. The first kappa shape index (κ1) is 59.9. The van der Waals surface area contributed by atoms with Gasteiger partial charge in [-0.1, -0.05) is 42.1 Å². The van der Waals surface area contributed by atoms with Crippen LogP contribution in [0.15, 0.2) is 61.4 Å². The maximum Gasteiger partial charge on any atom is 0.434 e. The maximum absolute atomic E-state index is 11.7. The van der Waals surface area contributed by atoms with Crippen molar-refractivity contribution in [2.45, 2.75) is 86.2 Å². The second-order valence-corrected chi connectivity index (χ2v) is 17.8. The van der Waals surface area contributed by atoms with E-state index in [1.54, 1.807) is 37.4 Å². The molecule has 6 heterocycles. The number of rotatable bonds is 31. The fourth-order valence-electron chi connectivity index (χ4n) is 8.96. The van der Waals surface area contributed by atoms with Gasteiger partial charge in [-0.15, -0.1) is 11.0 Å². The quantitative estimate of drug-likeness (QED) is 0.0230. The summed E-state index contributed by atoms with van der Waals surface area (Å²) in [5.41, 5.74) is 12.2. The van der Waals surface area contributed by atoms with Crippen LogP contribution in [-0.4, -0.2) is 137 Å². The molecule has 21 heteroatoms. The van der Waals surface area contributed by atoms with Gasteiger partial charge < -0.3 is 57.6 Å². The van der Waals surface area contributed by atoms with Crippen molar-refractivity contribution >= 4 is 50.3 Å². The number of hydrogen-bond acceptors (Lipinski definition) is 16. The van der Waals surface area contributed by atoms with Gasteiger partial charge in [0.15, 0.2) is 11.5 Å². The molecule has 0 spiro atoms. The van der Waals surface area contributed by atoms with Crippen molar-refractivity contribution in [1.29, 1.82) is 0 Å². The number of ether oxygens (including phenoxy) is 8. The largest absolute Gasteiger partial charge is 0.657 e. The molecule has 0 aliphatic carbocycles. The zero-order valence-electron chi connectivity index (χ0n) is 44.8. The Morgan fingerprint density at radius 1 is 0.566 bits per heavy atom. The van der Waals surface area contributed by atoms with Gasteiger partial charge in [-0.25, -0.2) is 19.5 Å². The van der Waals surface area contributed by atoms with E-state index in [0.29, 0.717) is 114 Å². The third-order valence-corrected chi connectivity index (χ3v) is 13.0. The monoisotopic (exact) mass is 1190 g/mol. The van der Waals surface area contributed by atoms with E-state index in [0.717, 1.165) is 94.0 Å². The smallest absolute Gasteiger partial charge is 0.434 e. The van der Waals surface area contributed by atoms with Crippen LogP contribution < -0.4 is 14.5 Å². The van der Waals surface area contributed by atoms with Gasteiger partial charge >= 0.3 is 5.95 Å². The van der Waals surface area contributed by atoms with Crippen molar-refractivity contribution in [2.75, 3.05) is 93.5 Å². The topological polar surface area (TPSA) is 218 Å². The number of aryl methyl sites for hydroxylation is 5. The number of benzene rings is 1. The Kier molecular flexibility index (Phi) is 24.5. The Morgan fingerprint density at radius 2 is 1.00 bits per heavy atom. The number of methoxy groups -OCH3 is 2. The summed E-state index contributed by atoms with van der Waals surface area (Å²) < 4.78 is 49.4. The molecule has 0 radical (unpaired) electrons. The van der Waals surface area contributed by atoms with Gasteiger partial charge in [0.2, 0.25) is 0 Å². The van der Waals surface area contributed by atoms with Gasteiger partial charge in [-0.2, -0.15) is 0 Å². The summed E-state index contributed by atoms with van der Waals surface area (Å²) in [7, 11) is 3.27. The minimum Gasteiger partial charge on any atom is -0.657 e. The number of aromatic nitrogens is 9. The summed E-state index contributed by atoms with van der Waals surface area (Å²) in [6.45, 7) is 16.4. The second-order valence-electron chi connectivity index (χ2n) is 17.8. The van der Waals surface area contributed by atoms with E-state index in [1.807, 2.05) is 38.4 Å². The van der Waals surface area contributed by atoms with Crippen LogP contribution >= 0.6 is 0 Å². The van der Waals surface area contributed by atoms with Gasteiger partial charge in [-0.3, -0.25) is 9.97 Å². The minimum absolute atomic E-state index is 0. The van der Waals surface area contributed by atoms with E-state index >= 15 is 0 Å². The zero-order valence-corrected chi connectivity index (χ0v) is 47.1. The molecule has 20 nitrogen and oxygen atoms in total. The third kappa shape index (κ3) is 16.3. The summed E-state index contributed by atoms with van der Waals surface area (Å²) in [5, 5.41) is 11.7. The van der Waals surface area contributed by atoms with Crippen molar-refractivity contribution in [3.8, 4) is 11.5 Å². The summed E-state index contributed by atoms with van der Waals surface area (Å²) in [6.07, 6.45) is 14.9. The van der Waals surface area contributed by atoms with Gasteiger partial charge in [0, 0.05) is 85.2 Å². The van der Waals surface area contributed by atoms with Crippen LogP contribution in [0.2, 0.25) is 0 Å². The molecule has 76 heavy (non-hydrogen) atoms. The van der Waals surface area contributed by atoms with Crippen molar-refractivity contribution in [3.05, 3.63) is 111 Å². The van der Waals surface area contributed by atoms with Crippen molar-refractivity contribution in [2.24, 2.45) is 0 Å². The molecule has 410 valence electrons. The predicted octanol–water partition coefficient (Wildman–Crippen LogP) is 8.64. The van der Waals surface area contributed by atoms with E-state index in [2.05, 4.69) is 47.4 Å². The molecule has 4 aromatic heterocycles. The van der Waals surface area contributed by atoms with Gasteiger partial charge in [0.25, 0.3) is 0 Å². The predicted molar refractivity (Wildman–Crippen MR) is 286 cm³/mol. The number of hydrogen-bond donors (Lipinski definition) is 0. The van der Waals surface area contributed by atoms with Crippen molar-refractivity contribution < 1.29 is 82.8 Å². The van der Waals surface area contributed by atoms with Gasteiger partial charge in [0.1, 0.15) is 31.4 Å². The molecular formula is C55H71GdN10O10-. The standard InChI is InChI=1S/C55H71N10O10.Gd/c1-8-41-42(9-2)46-33-48-44(13-11-17-64-19-15-57-55(64)65(66)67)39(4)52(62-48)37-59-50-35-54(75-31-29-73-27-25-71-23-21-69-7)53(74-30-28-72-26-24-70-22-20-68-6)34-49(50)58-36-51-38(3)43(47(61-51)32-45(41)60-46)12-10-16-63-18-14-56-40(63)5;/h14-15,18-19,32-37H,8-13,16-17,20-31H2,1-7H3;/q-1;. The molecular weight excluding hydrogens is 1120 g/mol. The van der Waals surface area contributed by atoms with E-state index in [-0.39, 0.29) is 59.1 Å². The van der Waals surface area contributed by atoms with Crippen LogP contribution in [0.25, 0.3) is 44.4 Å². The van der Waals surface area contributed by atoms with Crippen LogP contribution in [0, 0.1) is 57.0 Å². The normalized spacial score (nSPS) is 12.4. The van der Waals surface area contributed by atoms with Crippen LogP contribution in [0.4, 0.5) is 5.95 Å². The minimum atomic E-state index is -0.463. The van der Waals surface area contributed by atoms with E-state index < -0.39 is 4.92 Å². The first-order valence-corrected chi connectivity index (χ1v) is 25.8. The summed E-state index contributed by atoms with van der Waals surface area (Å²) >= 11 is 0. The molecule has 0 saturated heterocycles. The first-order valence-electron chi connectivity index (χ1n) is 25.8. The molecule has 1 aromatic carbocycles. The molecule has 0 saturated carbocycles. The van der Waals surface area contributed by atoms with E-state index in [9.17, 15) is 10.1 Å². The fourth-order valence-corrected chi connectivity index (χ4v) is 8.96. The molecule has 0 unspecified atom stereocenters. The zero-order chi connectivity index (χ0) is 52.9. The van der Waals surface area contributed by atoms with Crippen molar-refractivity contribution in [3.63, 3.8) is 0 Å². The van der Waals surface area contributed by atoms with Crippen molar-refractivity contribution in [1.82, 2.24) is 44.0 Å². The Hall–Kier alpha value is -5.36. The first-order chi connectivity index (χ1) is 36.6. The maximum atomic E-state index is 11.7. The Labute approximate surface area is 476 Å². The van der Waals surface area contributed by atoms with Crippen LogP contribution in [-0.2, 0) is 54.4 Å². The number of nitro groups is 1. The number of nitrogens with zero attached hydrogens (tertiary/aromatic N) is 10. The SMILES string of the molecule is CCc1c(CC)c2cc3nc(cnc4cc(OCCOCCOCCOC)c(OCCOCCOCCOC)cc4ncc4nc(cc1[n-]2)C(CCCn1ccnc1C)=C4C)C(C)=C3CCCn1ccnc1[N+](=O)[O-].[Gd]. The van der Waals surface area contributed by atoms with E-state index in [1.165, 1.54) is 11.8 Å². The second kappa shape index (κ2) is 31.1. The molecule has 6 bridgehead atoms. The number of allylic oxidation sites excluding steroid dienone is 4. The third-order valence-electron chi connectivity index (χ3n) is 13.0. The summed E-state index contributed by atoms with van der Waals surface area (Å²) in [6, 6.07) is 7.85. The molecule has 2 aliphatic heterocycles.